The highest BCUT2D eigenvalue weighted by Crippen LogP contribution is 2.19. The second-order valence-corrected chi connectivity index (χ2v) is 5.12. The van der Waals surface area contributed by atoms with E-state index in [1.165, 1.54) is 5.69 Å². The highest BCUT2D eigenvalue weighted by atomic mass is 35.5. The van der Waals surface area contributed by atoms with Crippen LogP contribution in [0, 0.1) is 12.3 Å². The van der Waals surface area contributed by atoms with Crippen molar-refractivity contribution in [3.05, 3.63) is 29.3 Å². The maximum Gasteiger partial charge on any atom is 0.0574 e. The Bertz CT molecular complexity index is 416. The molecule has 0 bridgehead atoms. The Morgan fingerprint density at radius 3 is 2.47 bits per heavy atom. The highest BCUT2D eigenvalue weighted by Gasteiger charge is 2.16. The molecule has 1 aromatic carbocycles. The van der Waals surface area contributed by atoms with Crippen LogP contribution in [0.3, 0.4) is 0 Å². The van der Waals surface area contributed by atoms with E-state index in [0.29, 0.717) is 6.54 Å². The van der Waals surface area contributed by atoms with Gasteiger partial charge in [0.2, 0.25) is 0 Å². The fourth-order valence-corrected chi connectivity index (χ4v) is 2.41. The zero-order chi connectivity index (χ0) is 13.5. The van der Waals surface area contributed by atoms with E-state index >= 15 is 0 Å². The molecule has 1 aromatic rings. The predicted octanol–water partition coefficient (Wildman–Crippen LogP) is 1.68. The third-order valence-electron chi connectivity index (χ3n) is 3.40. The van der Waals surface area contributed by atoms with Crippen molar-refractivity contribution in [2.75, 3.05) is 50.7 Å². The van der Waals surface area contributed by atoms with Crippen LogP contribution < -0.4 is 10.2 Å². The number of anilines is 1. The lowest BCUT2D eigenvalue weighted by Crippen LogP contribution is -2.48. The Balaban J connectivity index is 1.73. The molecule has 4 heteroatoms. The average Bonchev–Trinajstić information content (AvgIpc) is 2.45. The summed E-state index contributed by atoms with van der Waals surface area (Å²) in [7, 11) is 0. The van der Waals surface area contributed by atoms with Crippen molar-refractivity contribution in [2.24, 2.45) is 0 Å². The first-order valence-electron chi connectivity index (χ1n) is 6.66. The Morgan fingerprint density at radius 2 is 1.84 bits per heavy atom. The fourth-order valence-electron chi connectivity index (χ4n) is 2.28. The van der Waals surface area contributed by atoms with Crippen LogP contribution in [0.25, 0.3) is 0 Å². The van der Waals surface area contributed by atoms with Gasteiger partial charge in [0, 0.05) is 50.0 Å². The normalized spacial score (nSPS) is 16.3. The van der Waals surface area contributed by atoms with Gasteiger partial charge < -0.3 is 10.2 Å². The summed E-state index contributed by atoms with van der Waals surface area (Å²) in [6.07, 6.45) is 5.20. The minimum atomic E-state index is 0.657. The van der Waals surface area contributed by atoms with E-state index in [1.54, 1.807) is 0 Å². The van der Waals surface area contributed by atoms with Crippen LogP contribution in [0.1, 0.15) is 0 Å². The Labute approximate surface area is 120 Å². The van der Waals surface area contributed by atoms with E-state index in [-0.39, 0.29) is 0 Å². The Morgan fingerprint density at radius 1 is 1.16 bits per heavy atom. The van der Waals surface area contributed by atoms with Gasteiger partial charge in [0.25, 0.3) is 0 Å². The lowest BCUT2D eigenvalue weighted by Gasteiger charge is -2.36. The van der Waals surface area contributed by atoms with Gasteiger partial charge in [0.15, 0.2) is 0 Å². The molecule has 0 aliphatic carbocycles. The molecule has 1 saturated heterocycles. The van der Waals surface area contributed by atoms with Gasteiger partial charge in [-0.3, -0.25) is 4.90 Å². The first-order valence-corrected chi connectivity index (χ1v) is 7.04. The number of hydrogen-bond acceptors (Lipinski definition) is 3. The first kappa shape index (κ1) is 14.2. The van der Waals surface area contributed by atoms with E-state index in [9.17, 15) is 0 Å². The lowest BCUT2D eigenvalue weighted by atomic mass is 10.2. The smallest absolute Gasteiger partial charge is 0.0574 e. The molecule has 19 heavy (non-hydrogen) atoms. The minimum absolute atomic E-state index is 0.657. The largest absolute Gasteiger partial charge is 0.369 e. The topological polar surface area (TPSA) is 18.5 Å². The van der Waals surface area contributed by atoms with Crippen LogP contribution in [-0.4, -0.2) is 50.7 Å². The molecule has 3 nitrogen and oxygen atoms in total. The maximum atomic E-state index is 5.91. The summed E-state index contributed by atoms with van der Waals surface area (Å²) in [5.74, 6) is 2.59. The summed E-state index contributed by atoms with van der Waals surface area (Å²) in [4.78, 5) is 4.87. The van der Waals surface area contributed by atoms with Crippen molar-refractivity contribution in [1.82, 2.24) is 10.2 Å². The molecule has 1 heterocycles. The molecule has 1 aliphatic rings. The lowest BCUT2D eigenvalue weighted by molar-refractivity contribution is 0.259. The highest BCUT2D eigenvalue weighted by molar-refractivity contribution is 6.30. The van der Waals surface area contributed by atoms with E-state index in [2.05, 4.69) is 33.2 Å². The molecule has 0 unspecified atom stereocenters. The molecule has 102 valence electrons. The van der Waals surface area contributed by atoms with Gasteiger partial charge in [-0.25, -0.2) is 0 Å². The summed E-state index contributed by atoms with van der Waals surface area (Å²) >= 11 is 5.91. The van der Waals surface area contributed by atoms with Crippen molar-refractivity contribution in [2.45, 2.75) is 0 Å². The van der Waals surface area contributed by atoms with E-state index in [0.717, 1.165) is 44.3 Å². The van der Waals surface area contributed by atoms with Crippen LogP contribution in [0.15, 0.2) is 24.3 Å². The van der Waals surface area contributed by atoms with Gasteiger partial charge in [0.1, 0.15) is 0 Å². The van der Waals surface area contributed by atoms with E-state index < -0.39 is 0 Å². The third kappa shape index (κ3) is 4.43. The zero-order valence-corrected chi connectivity index (χ0v) is 11.9. The van der Waals surface area contributed by atoms with Crippen molar-refractivity contribution >= 4 is 17.3 Å². The Hall–Kier alpha value is -1.21. The molecule has 2 rings (SSSR count). The number of terminal acetylenes is 1. The summed E-state index contributed by atoms with van der Waals surface area (Å²) in [6, 6.07) is 8.08. The van der Waals surface area contributed by atoms with E-state index in [1.807, 2.05) is 12.1 Å². The van der Waals surface area contributed by atoms with Crippen molar-refractivity contribution in [1.29, 1.82) is 0 Å². The second-order valence-electron chi connectivity index (χ2n) is 4.69. The number of nitrogens with one attached hydrogen (secondary N) is 1. The molecule has 0 radical (unpaired) electrons. The molecule has 0 atom stereocenters. The van der Waals surface area contributed by atoms with Gasteiger partial charge in [-0.1, -0.05) is 17.5 Å². The maximum absolute atomic E-state index is 5.91. The van der Waals surface area contributed by atoms with Crippen LogP contribution in [0.2, 0.25) is 5.02 Å². The first-order chi connectivity index (χ1) is 9.29. The zero-order valence-electron chi connectivity index (χ0n) is 11.1. The number of hydrogen-bond donors (Lipinski definition) is 1. The van der Waals surface area contributed by atoms with Crippen LogP contribution in [0.5, 0.6) is 0 Å². The van der Waals surface area contributed by atoms with Crippen molar-refractivity contribution in [3.8, 4) is 12.3 Å². The second kappa shape index (κ2) is 7.40. The minimum Gasteiger partial charge on any atom is -0.369 e. The molecular weight excluding hydrogens is 258 g/mol. The molecule has 0 saturated carbocycles. The van der Waals surface area contributed by atoms with Gasteiger partial charge >= 0.3 is 0 Å². The van der Waals surface area contributed by atoms with Gasteiger partial charge in [-0.15, -0.1) is 6.42 Å². The average molecular weight is 278 g/mol. The van der Waals surface area contributed by atoms with Crippen molar-refractivity contribution in [3.63, 3.8) is 0 Å². The van der Waals surface area contributed by atoms with Crippen molar-refractivity contribution < 1.29 is 0 Å². The van der Waals surface area contributed by atoms with Gasteiger partial charge in [-0.05, 0) is 24.3 Å². The standard InChI is InChI=1S/C15H20ClN3/c1-2-7-17-8-9-18-10-12-19(13-11-18)15-5-3-14(16)4-6-15/h1,3-6,17H,7-13H2. The summed E-state index contributed by atoms with van der Waals surface area (Å²) in [5.41, 5.74) is 1.26. The number of halogens is 1. The monoisotopic (exact) mass is 277 g/mol. The molecular formula is C15H20ClN3. The predicted molar refractivity (Wildman–Crippen MR) is 81.8 cm³/mol. The SMILES string of the molecule is C#CCNCCN1CCN(c2ccc(Cl)cc2)CC1. The number of rotatable bonds is 5. The molecule has 0 spiro atoms. The third-order valence-corrected chi connectivity index (χ3v) is 3.65. The Kier molecular flexibility index (Phi) is 5.53. The summed E-state index contributed by atoms with van der Waals surface area (Å²) < 4.78 is 0. The summed E-state index contributed by atoms with van der Waals surface area (Å²) in [5, 5.41) is 4.02. The molecule has 1 fully saturated rings. The quantitative estimate of drug-likeness (QED) is 0.653. The number of piperazine rings is 1. The van der Waals surface area contributed by atoms with Crippen LogP contribution in [0.4, 0.5) is 5.69 Å². The van der Waals surface area contributed by atoms with Crippen LogP contribution >= 0.6 is 11.6 Å². The number of benzene rings is 1. The van der Waals surface area contributed by atoms with E-state index in [4.69, 9.17) is 18.0 Å². The van der Waals surface area contributed by atoms with Gasteiger partial charge in [-0.2, -0.15) is 0 Å². The van der Waals surface area contributed by atoms with Gasteiger partial charge in [0.05, 0.1) is 6.54 Å². The molecule has 1 aliphatic heterocycles. The number of nitrogens with zero attached hydrogens (tertiary/aromatic N) is 2. The summed E-state index contributed by atoms with van der Waals surface area (Å²) in [6.45, 7) is 7.01. The molecule has 0 amide bonds. The molecule has 1 N–H and O–H groups in total. The fraction of sp³-hybridized carbons (Fsp3) is 0.467. The molecule has 0 aromatic heterocycles. The van der Waals surface area contributed by atoms with Crippen LogP contribution in [-0.2, 0) is 0 Å².